The maximum atomic E-state index is 12.1. The number of hydrogen-bond donors (Lipinski definition) is 2. The summed E-state index contributed by atoms with van der Waals surface area (Å²) in [5.74, 6) is -0.732. The summed E-state index contributed by atoms with van der Waals surface area (Å²) in [4.78, 5) is 44.3. The van der Waals surface area contributed by atoms with Gasteiger partial charge in [-0.1, -0.05) is 49.2 Å². The number of halogens is 2. The van der Waals surface area contributed by atoms with Crippen LogP contribution in [0.25, 0.3) is 0 Å². The molecule has 3 heterocycles. The third-order valence-electron chi connectivity index (χ3n) is 6.11. The molecule has 2 aliphatic rings. The normalized spacial score (nSPS) is 20.7. The van der Waals surface area contributed by atoms with Gasteiger partial charge in [0.25, 0.3) is 11.8 Å². The molecular formula is C25H28Cl2N4O5. The number of amidine groups is 1. The van der Waals surface area contributed by atoms with Crippen LogP contribution < -0.4 is 15.0 Å². The van der Waals surface area contributed by atoms with Crippen molar-refractivity contribution in [2.24, 2.45) is 10.9 Å². The summed E-state index contributed by atoms with van der Waals surface area (Å²) in [7, 11) is 0. The third-order valence-corrected chi connectivity index (χ3v) is 6.48. The van der Waals surface area contributed by atoms with Gasteiger partial charge < -0.3 is 20.1 Å². The summed E-state index contributed by atoms with van der Waals surface area (Å²) >= 11 is 11.3. The number of rotatable bonds is 4. The minimum absolute atomic E-state index is 0.00118. The molecule has 0 spiro atoms. The predicted octanol–water partition coefficient (Wildman–Crippen LogP) is 3.98. The van der Waals surface area contributed by atoms with Gasteiger partial charge in [0, 0.05) is 6.20 Å². The number of aryl methyl sites for hydroxylation is 1. The van der Waals surface area contributed by atoms with Crippen LogP contribution in [0.2, 0.25) is 0 Å². The number of carboxylic acid groups (broad SMARTS) is 1. The number of carbonyl (C=O) groups excluding carboxylic acids is 2. The largest absolute Gasteiger partial charge is 0.489 e. The molecule has 9 nitrogen and oxygen atoms in total. The van der Waals surface area contributed by atoms with Gasteiger partial charge in [-0.3, -0.25) is 14.6 Å². The van der Waals surface area contributed by atoms with Gasteiger partial charge in [-0.25, -0.2) is 9.79 Å². The predicted molar refractivity (Wildman–Crippen MR) is 138 cm³/mol. The molecule has 36 heavy (non-hydrogen) atoms. The van der Waals surface area contributed by atoms with E-state index in [9.17, 15) is 19.5 Å². The Kier molecular flexibility index (Phi) is 8.26. The lowest BCUT2D eigenvalue weighted by Crippen LogP contribution is -2.47. The number of benzene rings is 1. The number of amides is 2. The average Bonchev–Trinajstić information content (AvgIpc) is 3.14. The summed E-state index contributed by atoms with van der Waals surface area (Å²) in [6.45, 7) is 9.62. The highest BCUT2D eigenvalue weighted by Crippen LogP contribution is 2.34. The van der Waals surface area contributed by atoms with Crippen LogP contribution in [-0.2, 0) is 9.59 Å². The van der Waals surface area contributed by atoms with Crippen LogP contribution in [0, 0.1) is 12.8 Å². The van der Waals surface area contributed by atoms with E-state index in [1.54, 1.807) is 24.9 Å². The van der Waals surface area contributed by atoms with Crippen molar-refractivity contribution < 1.29 is 24.2 Å². The number of carbonyl (C=O) groups is 3. The quantitative estimate of drug-likeness (QED) is 0.572. The van der Waals surface area contributed by atoms with Crippen molar-refractivity contribution in [2.45, 2.75) is 51.0 Å². The molecule has 192 valence electrons. The number of ether oxygens (including phenoxy) is 1. The van der Waals surface area contributed by atoms with Gasteiger partial charge in [0.05, 0.1) is 17.3 Å². The zero-order chi connectivity index (χ0) is 26.8. The number of hydrogen-bond acceptors (Lipinski definition) is 6. The van der Waals surface area contributed by atoms with E-state index >= 15 is 0 Å². The standard InChI is InChI=1S/C14H17N3O3.C11H11Cl2NO2/c1-7(2)14(4)13(20)16-11(17-14)10-9(12(18)19)5-8(3)6-15-10;1-7-6-16-9-5-3-2-4-8(9)14(7)11(15)10(12)13/h5-7H,1-4H3,(H,18,19)(H,16,17,20);2-5,7,10H,6H2,1H3. The van der Waals surface area contributed by atoms with Crippen LogP contribution in [0.4, 0.5) is 5.69 Å². The van der Waals surface area contributed by atoms with Crippen molar-refractivity contribution in [3.05, 3.63) is 53.3 Å². The number of aliphatic imine (C=N–C) groups is 1. The van der Waals surface area contributed by atoms with E-state index in [0.717, 1.165) is 11.3 Å². The molecular weight excluding hydrogens is 507 g/mol. The van der Waals surface area contributed by atoms with E-state index in [1.807, 2.05) is 45.0 Å². The van der Waals surface area contributed by atoms with E-state index in [1.165, 1.54) is 6.07 Å². The Balaban J connectivity index is 0.000000205. The molecule has 2 aliphatic heterocycles. The number of para-hydroxylation sites is 2. The Morgan fingerprint density at radius 1 is 1.28 bits per heavy atom. The summed E-state index contributed by atoms with van der Waals surface area (Å²) in [6.07, 6.45) is 1.56. The number of anilines is 1. The molecule has 1 aromatic heterocycles. The summed E-state index contributed by atoms with van der Waals surface area (Å²) in [6, 6.07) is 8.79. The number of alkyl halides is 2. The van der Waals surface area contributed by atoms with E-state index < -0.39 is 16.3 Å². The lowest BCUT2D eigenvalue weighted by molar-refractivity contribution is -0.124. The van der Waals surface area contributed by atoms with E-state index in [4.69, 9.17) is 27.9 Å². The molecule has 2 aromatic rings. The molecule has 2 atom stereocenters. The van der Waals surface area contributed by atoms with Crippen molar-refractivity contribution >= 4 is 52.5 Å². The number of nitrogens with zero attached hydrogens (tertiary/aromatic N) is 3. The first-order chi connectivity index (χ1) is 16.9. The summed E-state index contributed by atoms with van der Waals surface area (Å²) < 4.78 is 5.52. The molecule has 0 aliphatic carbocycles. The van der Waals surface area contributed by atoms with Gasteiger partial charge in [0.2, 0.25) is 0 Å². The van der Waals surface area contributed by atoms with Crippen LogP contribution in [0.15, 0.2) is 41.5 Å². The first-order valence-corrected chi connectivity index (χ1v) is 12.2. The molecule has 2 amide bonds. The zero-order valence-electron chi connectivity index (χ0n) is 20.6. The summed E-state index contributed by atoms with van der Waals surface area (Å²) in [5.41, 5.74) is 0.802. The van der Waals surface area contributed by atoms with Crippen molar-refractivity contribution in [1.82, 2.24) is 10.3 Å². The second-order valence-electron chi connectivity index (χ2n) is 9.07. The lowest BCUT2D eigenvalue weighted by Gasteiger charge is -2.35. The van der Waals surface area contributed by atoms with Crippen molar-refractivity contribution in [3.63, 3.8) is 0 Å². The Morgan fingerprint density at radius 2 is 1.94 bits per heavy atom. The van der Waals surface area contributed by atoms with Crippen LogP contribution in [0.1, 0.15) is 49.3 Å². The second-order valence-corrected chi connectivity index (χ2v) is 10.2. The molecule has 0 fully saturated rings. The molecule has 0 radical (unpaired) electrons. The third kappa shape index (κ3) is 5.47. The van der Waals surface area contributed by atoms with Gasteiger partial charge >= 0.3 is 5.97 Å². The van der Waals surface area contributed by atoms with Gasteiger partial charge in [0.15, 0.2) is 10.7 Å². The minimum atomic E-state index is -1.09. The molecule has 0 bridgehead atoms. The molecule has 4 rings (SSSR count). The molecule has 2 unspecified atom stereocenters. The van der Waals surface area contributed by atoms with Crippen LogP contribution in [-0.4, -0.2) is 56.7 Å². The van der Waals surface area contributed by atoms with E-state index in [-0.39, 0.29) is 40.9 Å². The summed E-state index contributed by atoms with van der Waals surface area (Å²) in [5, 5.41) is 11.9. The Bertz CT molecular complexity index is 1220. The maximum absolute atomic E-state index is 12.1. The van der Waals surface area contributed by atoms with Crippen molar-refractivity contribution in [1.29, 1.82) is 0 Å². The van der Waals surface area contributed by atoms with Crippen molar-refractivity contribution in [2.75, 3.05) is 11.5 Å². The fourth-order valence-corrected chi connectivity index (χ4v) is 3.92. The van der Waals surface area contributed by atoms with Crippen LogP contribution in [0.5, 0.6) is 5.75 Å². The first kappa shape index (κ1) is 27.4. The fourth-order valence-electron chi connectivity index (χ4n) is 3.71. The molecule has 0 saturated heterocycles. The van der Waals surface area contributed by atoms with E-state index in [0.29, 0.717) is 12.4 Å². The average molecular weight is 535 g/mol. The first-order valence-electron chi connectivity index (χ1n) is 11.3. The fraction of sp³-hybridized carbons (Fsp3) is 0.400. The Labute approximate surface area is 219 Å². The van der Waals surface area contributed by atoms with Gasteiger partial charge in [-0.05, 0) is 50.5 Å². The Hall–Kier alpha value is -3.17. The van der Waals surface area contributed by atoms with Gasteiger partial charge in [-0.2, -0.15) is 0 Å². The second kappa shape index (κ2) is 10.8. The van der Waals surface area contributed by atoms with E-state index in [2.05, 4.69) is 15.3 Å². The van der Waals surface area contributed by atoms with Gasteiger partial charge in [0.1, 0.15) is 23.6 Å². The highest BCUT2D eigenvalue weighted by Gasteiger charge is 2.43. The van der Waals surface area contributed by atoms with Crippen LogP contribution in [0.3, 0.4) is 0 Å². The number of aromatic carboxylic acids is 1. The van der Waals surface area contributed by atoms with Crippen LogP contribution >= 0.6 is 23.2 Å². The monoisotopic (exact) mass is 534 g/mol. The molecule has 1 aromatic carbocycles. The SMILES string of the molecule is CC1COc2ccccc2N1C(=O)C(Cl)Cl.Cc1cnc(C2=NC(C)(C(C)C)C(=O)N2)c(C(=O)O)c1. The van der Waals surface area contributed by atoms with Crippen molar-refractivity contribution in [3.8, 4) is 5.75 Å². The number of fused-ring (bicyclic) bond motifs is 1. The number of aromatic nitrogens is 1. The maximum Gasteiger partial charge on any atom is 0.338 e. The molecule has 11 heteroatoms. The molecule has 0 saturated carbocycles. The highest BCUT2D eigenvalue weighted by atomic mass is 35.5. The van der Waals surface area contributed by atoms with Gasteiger partial charge in [-0.15, -0.1) is 0 Å². The lowest BCUT2D eigenvalue weighted by atomic mass is 9.89. The Morgan fingerprint density at radius 3 is 2.53 bits per heavy atom. The molecule has 2 N–H and O–H groups in total. The zero-order valence-corrected chi connectivity index (χ0v) is 22.1. The highest BCUT2D eigenvalue weighted by molar-refractivity contribution is 6.54. The smallest absolute Gasteiger partial charge is 0.338 e. The number of nitrogens with one attached hydrogen (secondary N) is 1. The number of pyridine rings is 1. The minimum Gasteiger partial charge on any atom is -0.489 e. The number of carboxylic acids is 1. The topological polar surface area (TPSA) is 121 Å².